The van der Waals surface area contributed by atoms with Crippen molar-refractivity contribution in [2.75, 3.05) is 12.3 Å². The first-order chi connectivity index (χ1) is 9.83. The molecule has 1 nitrogen and oxygen atoms in total. The molecule has 2 aromatic rings. The minimum absolute atomic E-state index is 0.459. The molecule has 20 heavy (non-hydrogen) atoms. The second kappa shape index (κ2) is 8.50. The van der Waals surface area contributed by atoms with Gasteiger partial charge in [0.05, 0.1) is 0 Å². The zero-order valence-corrected chi connectivity index (χ0v) is 13.9. The third-order valence-electron chi connectivity index (χ3n) is 3.35. The van der Waals surface area contributed by atoms with Crippen molar-refractivity contribution in [1.82, 2.24) is 5.32 Å². The van der Waals surface area contributed by atoms with Gasteiger partial charge in [-0.2, -0.15) is 11.3 Å². The van der Waals surface area contributed by atoms with Gasteiger partial charge in [0.1, 0.15) is 0 Å². The Morgan fingerprint density at radius 3 is 2.55 bits per heavy atom. The van der Waals surface area contributed by atoms with Crippen molar-refractivity contribution in [1.29, 1.82) is 0 Å². The fourth-order valence-corrected chi connectivity index (χ4v) is 3.71. The van der Waals surface area contributed by atoms with E-state index in [1.54, 1.807) is 11.3 Å². The monoisotopic (exact) mass is 305 g/mol. The Bertz CT molecular complexity index is 476. The summed E-state index contributed by atoms with van der Waals surface area (Å²) < 4.78 is 0. The SMILES string of the molecule is CCNC(CCc1ccsc1)c1ccc(SCC)cc1. The fraction of sp³-hybridized carbons (Fsp3) is 0.412. The second-order valence-electron chi connectivity index (χ2n) is 4.78. The van der Waals surface area contributed by atoms with E-state index in [-0.39, 0.29) is 0 Å². The molecule has 1 unspecified atom stereocenters. The number of rotatable bonds is 8. The minimum Gasteiger partial charge on any atom is -0.310 e. The summed E-state index contributed by atoms with van der Waals surface area (Å²) in [6.07, 6.45) is 2.30. The zero-order valence-electron chi connectivity index (χ0n) is 12.3. The van der Waals surface area contributed by atoms with E-state index >= 15 is 0 Å². The van der Waals surface area contributed by atoms with Crippen LogP contribution < -0.4 is 5.32 Å². The molecule has 0 amide bonds. The molecule has 1 heterocycles. The van der Waals surface area contributed by atoms with E-state index in [0.29, 0.717) is 6.04 Å². The van der Waals surface area contributed by atoms with E-state index in [1.807, 2.05) is 11.8 Å². The van der Waals surface area contributed by atoms with Crippen LogP contribution in [0.2, 0.25) is 0 Å². The lowest BCUT2D eigenvalue weighted by Crippen LogP contribution is -2.21. The van der Waals surface area contributed by atoms with Crippen molar-refractivity contribution in [3.05, 3.63) is 52.2 Å². The van der Waals surface area contributed by atoms with E-state index in [0.717, 1.165) is 25.1 Å². The zero-order chi connectivity index (χ0) is 14.2. The lowest BCUT2D eigenvalue weighted by Gasteiger charge is -2.18. The molecule has 1 atom stereocenters. The quantitative estimate of drug-likeness (QED) is 0.677. The summed E-state index contributed by atoms with van der Waals surface area (Å²) in [5, 5.41) is 8.02. The van der Waals surface area contributed by atoms with Crippen molar-refractivity contribution >= 4 is 23.1 Å². The Kier molecular flexibility index (Phi) is 6.64. The standard InChI is InChI=1S/C17H23NS2/c1-3-18-17(10-5-14-11-12-19-13-14)15-6-8-16(9-7-15)20-4-2/h6-9,11-13,17-18H,3-5,10H2,1-2H3. The lowest BCUT2D eigenvalue weighted by molar-refractivity contribution is 0.515. The van der Waals surface area contributed by atoms with Crippen LogP contribution in [0.1, 0.15) is 37.4 Å². The van der Waals surface area contributed by atoms with Crippen LogP contribution in [0, 0.1) is 0 Å². The van der Waals surface area contributed by atoms with E-state index in [4.69, 9.17) is 0 Å². The minimum atomic E-state index is 0.459. The first-order valence-corrected chi connectivity index (χ1v) is 9.23. The smallest absolute Gasteiger partial charge is 0.0323 e. The van der Waals surface area contributed by atoms with Gasteiger partial charge >= 0.3 is 0 Å². The normalized spacial score (nSPS) is 12.5. The van der Waals surface area contributed by atoms with Gasteiger partial charge in [-0.3, -0.25) is 0 Å². The summed E-state index contributed by atoms with van der Waals surface area (Å²) in [5.74, 6) is 1.13. The molecule has 0 aliphatic carbocycles. The van der Waals surface area contributed by atoms with E-state index in [2.05, 4.69) is 60.3 Å². The first kappa shape index (κ1) is 15.6. The maximum absolute atomic E-state index is 3.61. The molecule has 0 bridgehead atoms. The highest BCUT2D eigenvalue weighted by Crippen LogP contribution is 2.24. The van der Waals surface area contributed by atoms with Crippen molar-refractivity contribution in [2.45, 2.75) is 37.6 Å². The predicted molar refractivity (Wildman–Crippen MR) is 91.9 cm³/mol. The highest BCUT2D eigenvalue weighted by Gasteiger charge is 2.10. The molecule has 0 spiro atoms. The van der Waals surface area contributed by atoms with E-state index < -0.39 is 0 Å². The third-order valence-corrected chi connectivity index (χ3v) is 4.97. The highest BCUT2D eigenvalue weighted by atomic mass is 32.2. The number of nitrogens with one attached hydrogen (secondary N) is 1. The Balaban J connectivity index is 1.99. The number of benzene rings is 1. The summed E-state index contributed by atoms with van der Waals surface area (Å²) in [5.41, 5.74) is 2.86. The van der Waals surface area contributed by atoms with Crippen molar-refractivity contribution in [2.24, 2.45) is 0 Å². The number of thioether (sulfide) groups is 1. The van der Waals surface area contributed by atoms with Crippen LogP contribution in [0.3, 0.4) is 0 Å². The van der Waals surface area contributed by atoms with Crippen LogP contribution >= 0.6 is 23.1 Å². The van der Waals surface area contributed by atoms with Gasteiger partial charge in [-0.25, -0.2) is 0 Å². The average molecular weight is 306 g/mol. The predicted octanol–water partition coefficient (Wildman–Crippen LogP) is 5.14. The Hall–Kier alpha value is -0.770. The van der Waals surface area contributed by atoms with Gasteiger partial charge in [0.25, 0.3) is 0 Å². The molecule has 1 aromatic carbocycles. The topological polar surface area (TPSA) is 12.0 Å². The molecule has 0 fully saturated rings. The molecule has 0 saturated carbocycles. The van der Waals surface area contributed by atoms with Crippen LogP contribution in [0.25, 0.3) is 0 Å². The van der Waals surface area contributed by atoms with Gasteiger partial charge in [-0.1, -0.05) is 26.0 Å². The van der Waals surface area contributed by atoms with E-state index in [1.165, 1.54) is 16.0 Å². The maximum atomic E-state index is 3.61. The average Bonchev–Trinajstić information content (AvgIpc) is 2.98. The summed E-state index contributed by atoms with van der Waals surface area (Å²) in [6.45, 7) is 5.39. The number of hydrogen-bond acceptors (Lipinski definition) is 3. The highest BCUT2D eigenvalue weighted by molar-refractivity contribution is 7.99. The summed E-state index contributed by atoms with van der Waals surface area (Å²) in [7, 11) is 0. The van der Waals surface area contributed by atoms with Crippen LogP contribution in [0.4, 0.5) is 0 Å². The van der Waals surface area contributed by atoms with Crippen molar-refractivity contribution in [3.8, 4) is 0 Å². The molecule has 1 N–H and O–H groups in total. The first-order valence-electron chi connectivity index (χ1n) is 7.30. The Labute approximate surface area is 130 Å². The molecule has 2 rings (SSSR count). The molecule has 0 aliphatic heterocycles. The molecule has 1 aromatic heterocycles. The molecule has 0 saturated heterocycles. The summed E-state index contributed by atoms with van der Waals surface area (Å²) in [6, 6.07) is 11.7. The molecule has 3 heteroatoms. The van der Waals surface area contributed by atoms with Crippen LogP contribution in [0.15, 0.2) is 46.0 Å². The largest absolute Gasteiger partial charge is 0.310 e. The van der Waals surface area contributed by atoms with Gasteiger partial charge in [-0.05, 0) is 65.2 Å². The Morgan fingerprint density at radius 1 is 1.15 bits per heavy atom. The fourth-order valence-electron chi connectivity index (χ4n) is 2.34. The van der Waals surface area contributed by atoms with Crippen LogP contribution in [-0.4, -0.2) is 12.3 Å². The van der Waals surface area contributed by atoms with Crippen molar-refractivity contribution < 1.29 is 0 Å². The lowest BCUT2D eigenvalue weighted by atomic mass is 10.00. The molecular weight excluding hydrogens is 282 g/mol. The van der Waals surface area contributed by atoms with Crippen LogP contribution in [0.5, 0.6) is 0 Å². The third kappa shape index (κ3) is 4.65. The van der Waals surface area contributed by atoms with E-state index in [9.17, 15) is 0 Å². The molecular formula is C17H23NS2. The number of thiophene rings is 1. The summed E-state index contributed by atoms with van der Waals surface area (Å²) >= 11 is 3.69. The summed E-state index contributed by atoms with van der Waals surface area (Å²) in [4.78, 5) is 1.37. The van der Waals surface area contributed by atoms with Gasteiger partial charge in [0.2, 0.25) is 0 Å². The second-order valence-corrected chi connectivity index (χ2v) is 6.90. The van der Waals surface area contributed by atoms with Gasteiger partial charge in [0, 0.05) is 10.9 Å². The molecule has 0 aliphatic rings. The number of hydrogen-bond donors (Lipinski definition) is 1. The maximum Gasteiger partial charge on any atom is 0.0323 e. The molecule has 0 radical (unpaired) electrons. The van der Waals surface area contributed by atoms with Crippen molar-refractivity contribution in [3.63, 3.8) is 0 Å². The molecule has 108 valence electrons. The Morgan fingerprint density at radius 2 is 1.95 bits per heavy atom. The van der Waals surface area contributed by atoms with Gasteiger partial charge < -0.3 is 5.32 Å². The van der Waals surface area contributed by atoms with Gasteiger partial charge in [-0.15, -0.1) is 11.8 Å². The van der Waals surface area contributed by atoms with Crippen LogP contribution in [-0.2, 0) is 6.42 Å². The van der Waals surface area contributed by atoms with Gasteiger partial charge in [0.15, 0.2) is 0 Å². The number of aryl methyl sites for hydroxylation is 1.